The topological polar surface area (TPSA) is 4.93 Å². The molecule has 1 heteroatoms. The predicted molar refractivity (Wildman–Crippen MR) is 78.4 cm³/mol. The Morgan fingerprint density at radius 2 is 1.39 bits per heavy atom. The predicted octanol–water partition coefficient (Wildman–Crippen LogP) is 4.39. The molecule has 18 heavy (non-hydrogen) atoms. The van der Waals surface area contributed by atoms with E-state index in [2.05, 4.69) is 64.4 Å². The lowest BCUT2D eigenvalue weighted by atomic mass is 10.00. The zero-order chi connectivity index (χ0) is 13.4. The molecule has 0 aliphatic heterocycles. The van der Waals surface area contributed by atoms with Crippen molar-refractivity contribution in [1.82, 2.24) is 4.57 Å². The zero-order valence-electron chi connectivity index (χ0n) is 12.4. The molecule has 0 fully saturated rings. The van der Waals surface area contributed by atoms with Gasteiger partial charge in [0.15, 0.2) is 0 Å². The van der Waals surface area contributed by atoms with Crippen molar-refractivity contribution in [1.29, 1.82) is 0 Å². The Balaban J connectivity index is 2.43. The Morgan fingerprint density at radius 1 is 0.833 bits per heavy atom. The highest BCUT2D eigenvalue weighted by molar-refractivity contribution is 5.39. The smallest absolute Gasteiger partial charge is 0.0478 e. The molecule has 0 bridgehead atoms. The van der Waals surface area contributed by atoms with Gasteiger partial charge in [0.05, 0.1) is 0 Å². The van der Waals surface area contributed by atoms with E-state index in [-0.39, 0.29) is 0 Å². The second-order valence-electron chi connectivity index (χ2n) is 5.53. The lowest BCUT2D eigenvalue weighted by molar-refractivity contribution is 0.763. The summed E-state index contributed by atoms with van der Waals surface area (Å²) in [5.74, 6) is 0. The Labute approximate surface area is 110 Å². The van der Waals surface area contributed by atoms with Gasteiger partial charge < -0.3 is 4.57 Å². The highest BCUT2D eigenvalue weighted by atomic mass is 15.0. The number of nitrogens with zero attached hydrogens (tertiary/aromatic N) is 1. The van der Waals surface area contributed by atoms with Gasteiger partial charge in [-0.2, -0.15) is 0 Å². The van der Waals surface area contributed by atoms with Gasteiger partial charge in [0.1, 0.15) is 0 Å². The fourth-order valence-electron chi connectivity index (χ4n) is 2.72. The number of rotatable bonds is 2. The standard InChI is InChI=1S/C17H23N/c1-11-7-12(2)17(13(3)8-11)10-18-9-14(4)15(5)16(18)6/h7-9H,10H2,1-6H3. The van der Waals surface area contributed by atoms with Crippen molar-refractivity contribution >= 4 is 0 Å². The average molecular weight is 241 g/mol. The molecule has 0 aliphatic carbocycles. The summed E-state index contributed by atoms with van der Waals surface area (Å²) in [6.07, 6.45) is 2.27. The number of hydrogen-bond donors (Lipinski definition) is 0. The van der Waals surface area contributed by atoms with Crippen molar-refractivity contribution in [2.45, 2.75) is 48.1 Å². The number of aromatic nitrogens is 1. The van der Waals surface area contributed by atoms with Gasteiger partial charge >= 0.3 is 0 Å². The highest BCUT2D eigenvalue weighted by Gasteiger charge is 2.09. The normalized spacial score (nSPS) is 11.0. The summed E-state index contributed by atoms with van der Waals surface area (Å²) in [5, 5.41) is 0. The van der Waals surface area contributed by atoms with Crippen molar-refractivity contribution in [2.24, 2.45) is 0 Å². The molecule has 0 spiro atoms. The number of aryl methyl sites for hydroxylation is 4. The summed E-state index contributed by atoms with van der Waals surface area (Å²) in [5.41, 5.74) is 9.79. The van der Waals surface area contributed by atoms with Gasteiger partial charge in [-0.05, 0) is 69.4 Å². The van der Waals surface area contributed by atoms with Crippen LogP contribution < -0.4 is 0 Å². The summed E-state index contributed by atoms with van der Waals surface area (Å²) in [7, 11) is 0. The van der Waals surface area contributed by atoms with Crippen LogP contribution in [0.5, 0.6) is 0 Å². The highest BCUT2D eigenvalue weighted by Crippen LogP contribution is 2.21. The molecule has 0 amide bonds. The summed E-state index contributed by atoms with van der Waals surface area (Å²) in [6, 6.07) is 4.56. The maximum atomic E-state index is 2.37. The summed E-state index contributed by atoms with van der Waals surface area (Å²) in [4.78, 5) is 0. The molecule has 1 aromatic carbocycles. The van der Waals surface area contributed by atoms with Gasteiger partial charge in [-0.1, -0.05) is 17.7 Å². The third-order valence-corrected chi connectivity index (χ3v) is 4.08. The van der Waals surface area contributed by atoms with Gasteiger partial charge in [0.2, 0.25) is 0 Å². The molecule has 0 N–H and O–H groups in total. The molecule has 1 nitrogen and oxygen atoms in total. The summed E-state index contributed by atoms with van der Waals surface area (Å²) >= 11 is 0. The molecule has 2 rings (SSSR count). The third-order valence-electron chi connectivity index (χ3n) is 4.08. The minimum Gasteiger partial charge on any atom is -0.347 e. The van der Waals surface area contributed by atoms with Gasteiger partial charge in [0, 0.05) is 18.4 Å². The van der Waals surface area contributed by atoms with Crippen LogP contribution in [0.4, 0.5) is 0 Å². The van der Waals surface area contributed by atoms with E-state index in [1.165, 1.54) is 39.1 Å². The zero-order valence-corrected chi connectivity index (χ0v) is 12.4. The van der Waals surface area contributed by atoms with E-state index in [0.717, 1.165) is 6.54 Å². The van der Waals surface area contributed by atoms with Crippen LogP contribution in [0.15, 0.2) is 18.3 Å². The Bertz CT molecular complexity index is 565. The molecule has 0 atom stereocenters. The van der Waals surface area contributed by atoms with E-state index in [4.69, 9.17) is 0 Å². The second kappa shape index (κ2) is 4.64. The van der Waals surface area contributed by atoms with Crippen molar-refractivity contribution in [2.75, 3.05) is 0 Å². The first-order chi connectivity index (χ1) is 8.40. The maximum Gasteiger partial charge on any atom is 0.0478 e. The van der Waals surface area contributed by atoms with E-state index in [1.54, 1.807) is 0 Å². The largest absolute Gasteiger partial charge is 0.347 e. The molecule has 0 aliphatic rings. The molecular formula is C17H23N. The van der Waals surface area contributed by atoms with E-state index in [0.29, 0.717) is 0 Å². The molecule has 1 aromatic heterocycles. The Hall–Kier alpha value is -1.50. The van der Waals surface area contributed by atoms with Crippen LogP contribution in [0.25, 0.3) is 0 Å². The Kier molecular flexibility index (Phi) is 3.34. The summed E-state index contributed by atoms with van der Waals surface area (Å²) < 4.78 is 2.37. The van der Waals surface area contributed by atoms with Crippen LogP contribution >= 0.6 is 0 Å². The minimum atomic E-state index is 0.985. The summed E-state index contributed by atoms with van der Waals surface area (Å²) in [6.45, 7) is 14.2. The van der Waals surface area contributed by atoms with Crippen molar-refractivity contribution in [3.63, 3.8) is 0 Å². The van der Waals surface area contributed by atoms with E-state index in [9.17, 15) is 0 Å². The SMILES string of the molecule is Cc1cc(C)c(Cn2cc(C)c(C)c2C)c(C)c1. The second-order valence-corrected chi connectivity index (χ2v) is 5.53. The molecule has 2 aromatic rings. The van der Waals surface area contributed by atoms with Crippen LogP contribution in [-0.4, -0.2) is 4.57 Å². The molecule has 0 saturated heterocycles. The van der Waals surface area contributed by atoms with Gasteiger partial charge in [-0.15, -0.1) is 0 Å². The van der Waals surface area contributed by atoms with Gasteiger partial charge in [0.25, 0.3) is 0 Å². The average Bonchev–Trinajstić information content (AvgIpc) is 2.51. The molecule has 96 valence electrons. The Morgan fingerprint density at radius 3 is 1.83 bits per heavy atom. The molecule has 0 radical (unpaired) electrons. The fraction of sp³-hybridized carbons (Fsp3) is 0.412. The van der Waals surface area contributed by atoms with Crippen molar-refractivity contribution in [3.8, 4) is 0 Å². The lowest BCUT2D eigenvalue weighted by Gasteiger charge is -2.14. The van der Waals surface area contributed by atoms with Crippen molar-refractivity contribution < 1.29 is 0 Å². The van der Waals surface area contributed by atoms with Crippen LogP contribution in [0, 0.1) is 41.5 Å². The first kappa shape index (κ1) is 12.9. The molecule has 0 saturated carbocycles. The minimum absolute atomic E-state index is 0.985. The molecular weight excluding hydrogens is 218 g/mol. The number of benzene rings is 1. The van der Waals surface area contributed by atoms with E-state index >= 15 is 0 Å². The lowest BCUT2D eigenvalue weighted by Crippen LogP contribution is -2.05. The maximum absolute atomic E-state index is 2.37. The first-order valence-corrected chi connectivity index (χ1v) is 6.59. The van der Waals surface area contributed by atoms with Crippen molar-refractivity contribution in [3.05, 3.63) is 57.4 Å². The van der Waals surface area contributed by atoms with E-state index in [1.807, 2.05) is 0 Å². The van der Waals surface area contributed by atoms with Crippen LogP contribution in [-0.2, 0) is 6.54 Å². The van der Waals surface area contributed by atoms with Crippen LogP contribution in [0.1, 0.15) is 39.1 Å². The van der Waals surface area contributed by atoms with Crippen LogP contribution in [0.2, 0.25) is 0 Å². The quantitative estimate of drug-likeness (QED) is 0.735. The first-order valence-electron chi connectivity index (χ1n) is 6.59. The van der Waals surface area contributed by atoms with Gasteiger partial charge in [-0.25, -0.2) is 0 Å². The number of hydrogen-bond acceptors (Lipinski definition) is 0. The molecule has 1 heterocycles. The molecule has 0 unspecified atom stereocenters. The fourth-order valence-corrected chi connectivity index (χ4v) is 2.72. The monoisotopic (exact) mass is 241 g/mol. The van der Waals surface area contributed by atoms with Crippen LogP contribution in [0.3, 0.4) is 0 Å². The third kappa shape index (κ3) is 2.22. The van der Waals surface area contributed by atoms with E-state index < -0.39 is 0 Å². The van der Waals surface area contributed by atoms with Gasteiger partial charge in [-0.3, -0.25) is 0 Å².